The molecular weight excluding hydrogens is 394 g/mol. The summed E-state index contributed by atoms with van der Waals surface area (Å²) in [6.45, 7) is 0.174. The molecule has 1 aliphatic rings. The molecule has 1 atom stereocenters. The molecule has 1 amide bonds. The van der Waals surface area contributed by atoms with Gasteiger partial charge in [0, 0.05) is 36.7 Å². The topological polar surface area (TPSA) is 96.5 Å². The van der Waals surface area contributed by atoms with E-state index in [1.807, 2.05) is 24.3 Å². The van der Waals surface area contributed by atoms with Crippen molar-refractivity contribution in [3.05, 3.63) is 108 Å². The molecule has 4 heterocycles. The van der Waals surface area contributed by atoms with Crippen molar-refractivity contribution in [1.82, 2.24) is 14.9 Å². The zero-order valence-corrected chi connectivity index (χ0v) is 16.3. The van der Waals surface area contributed by atoms with E-state index in [0.717, 1.165) is 10.9 Å². The second-order valence-electron chi connectivity index (χ2n) is 7.22. The average Bonchev–Trinajstić information content (AvgIpc) is 3.35. The number of ketones is 1. The molecule has 7 heteroatoms. The molecule has 0 bridgehead atoms. The van der Waals surface area contributed by atoms with Crippen molar-refractivity contribution >= 4 is 22.7 Å². The summed E-state index contributed by atoms with van der Waals surface area (Å²) in [5, 5.41) is 11.5. The Morgan fingerprint density at radius 1 is 1.03 bits per heavy atom. The van der Waals surface area contributed by atoms with Crippen LogP contribution in [0.4, 0.5) is 0 Å². The fourth-order valence-corrected chi connectivity index (χ4v) is 3.85. The van der Waals surface area contributed by atoms with Gasteiger partial charge >= 0.3 is 0 Å². The van der Waals surface area contributed by atoms with E-state index < -0.39 is 23.5 Å². The van der Waals surface area contributed by atoms with Gasteiger partial charge in [-0.05, 0) is 35.4 Å². The highest BCUT2D eigenvalue weighted by Gasteiger charge is 2.44. The van der Waals surface area contributed by atoms with Gasteiger partial charge < -0.3 is 14.4 Å². The van der Waals surface area contributed by atoms with Gasteiger partial charge in [0.05, 0.1) is 11.6 Å². The third-order valence-corrected chi connectivity index (χ3v) is 5.27. The van der Waals surface area contributed by atoms with Crippen molar-refractivity contribution in [2.24, 2.45) is 0 Å². The fourth-order valence-electron chi connectivity index (χ4n) is 3.85. The Morgan fingerprint density at radius 2 is 1.81 bits per heavy atom. The Balaban J connectivity index is 1.59. The maximum Gasteiger partial charge on any atom is 0.290 e. The summed E-state index contributed by atoms with van der Waals surface area (Å²) in [4.78, 5) is 36.1. The largest absolute Gasteiger partial charge is 0.503 e. The molecule has 5 rings (SSSR count). The molecule has 0 spiro atoms. The van der Waals surface area contributed by atoms with Crippen LogP contribution in [0.5, 0.6) is 0 Å². The van der Waals surface area contributed by atoms with E-state index in [0.29, 0.717) is 11.1 Å². The number of aromatic nitrogens is 2. The number of amides is 1. The number of para-hydroxylation sites is 1. The van der Waals surface area contributed by atoms with Crippen molar-refractivity contribution in [3.8, 4) is 0 Å². The Hall–Kier alpha value is -4.26. The normalized spacial score (nSPS) is 16.3. The highest BCUT2D eigenvalue weighted by molar-refractivity contribution is 6.15. The number of carbonyl (C=O) groups is 2. The maximum absolute atomic E-state index is 13.4. The van der Waals surface area contributed by atoms with E-state index in [2.05, 4.69) is 9.97 Å². The van der Waals surface area contributed by atoms with E-state index >= 15 is 0 Å². The molecule has 3 aromatic heterocycles. The van der Waals surface area contributed by atoms with E-state index in [1.165, 1.54) is 4.90 Å². The fraction of sp³-hybridized carbons (Fsp3) is 0.0833. The second-order valence-corrected chi connectivity index (χ2v) is 7.22. The van der Waals surface area contributed by atoms with Gasteiger partial charge in [0.25, 0.3) is 5.91 Å². The van der Waals surface area contributed by atoms with Crippen molar-refractivity contribution < 1.29 is 19.1 Å². The quantitative estimate of drug-likeness (QED) is 0.499. The highest BCUT2D eigenvalue weighted by atomic mass is 16.3. The van der Waals surface area contributed by atoms with Crippen LogP contribution in [0.3, 0.4) is 0 Å². The van der Waals surface area contributed by atoms with Crippen LogP contribution in [0.2, 0.25) is 0 Å². The third kappa shape index (κ3) is 3.26. The molecule has 7 nitrogen and oxygen atoms in total. The minimum Gasteiger partial charge on any atom is -0.503 e. The zero-order valence-electron chi connectivity index (χ0n) is 16.3. The van der Waals surface area contributed by atoms with Crippen LogP contribution in [0, 0.1) is 0 Å². The molecule has 0 saturated heterocycles. The van der Waals surface area contributed by atoms with Crippen LogP contribution in [-0.2, 0) is 11.3 Å². The maximum atomic E-state index is 13.4. The first-order chi connectivity index (χ1) is 15.1. The number of benzene rings is 1. The molecule has 4 aromatic rings. The van der Waals surface area contributed by atoms with Gasteiger partial charge in [-0.15, -0.1) is 0 Å². The Bertz CT molecular complexity index is 1280. The number of carbonyl (C=O) groups excluding carboxylic acids is 2. The summed E-state index contributed by atoms with van der Waals surface area (Å²) >= 11 is 0. The smallest absolute Gasteiger partial charge is 0.290 e. The average molecular weight is 411 g/mol. The summed E-state index contributed by atoms with van der Waals surface area (Å²) in [6, 6.07) is 15.1. The van der Waals surface area contributed by atoms with Gasteiger partial charge in [0.2, 0.25) is 5.78 Å². The van der Waals surface area contributed by atoms with E-state index in [4.69, 9.17) is 4.42 Å². The molecule has 1 aromatic carbocycles. The minimum absolute atomic E-state index is 0.0269. The predicted molar refractivity (Wildman–Crippen MR) is 112 cm³/mol. The van der Waals surface area contributed by atoms with Crippen molar-refractivity contribution in [3.63, 3.8) is 0 Å². The number of aliphatic hydroxyl groups is 1. The standard InChI is InChI=1S/C24H17N3O4/c28-22(19-11-16-6-1-2-8-18(16)31-19)20-21(17-7-4-10-26-13-17)27(24(30)23(20)29)14-15-5-3-9-25-12-15/h1-13,21,29H,14H2/t21-/m1/s1. The number of furan rings is 1. The van der Waals surface area contributed by atoms with Gasteiger partial charge in [-0.25, -0.2) is 0 Å². The van der Waals surface area contributed by atoms with Gasteiger partial charge in [-0.2, -0.15) is 0 Å². The first kappa shape index (κ1) is 18.7. The van der Waals surface area contributed by atoms with E-state index in [-0.39, 0.29) is 17.9 Å². The van der Waals surface area contributed by atoms with Crippen molar-refractivity contribution in [2.75, 3.05) is 0 Å². The molecule has 152 valence electrons. The van der Waals surface area contributed by atoms with Crippen molar-refractivity contribution in [1.29, 1.82) is 0 Å². The minimum atomic E-state index is -0.804. The Kier molecular flexibility index (Phi) is 4.55. The molecular formula is C24H17N3O4. The van der Waals surface area contributed by atoms with E-state index in [9.17, 15) is 14.7 Å². The SMILES string of the molecule is O=C(C1=C(O)C(=O)N(Cc2cccnc2)[C@@H]1c1cccnc1)c1cc2ccccc2o1. The Morgan fingerprint density at radius 3 is 2.52 bits per heavy atom. The summed E-state index contributed by atoms with van der Waals surface area (Å²) in [5.74, 6) is -1.68. The van der Waals surface area contributed by atoms with Crippen LogP contribution in [-0.4, -0.2) is 31.7 Å². The summed E-state index contributed by atoms with van der Waals surface area (Å²) < 4.78 is 5.71. The number of aliphatic hydroxyl groups excluding tert-OH is 1. The monoisotopic (exact) mass is 411 g/mol. The van der Waals surface area contributed by atoms with Crippen LogP contribution < -0.4 is 0 Å². The van der Waals surface area contributed by atoms with Gasteiger partial charge in [0.15, 0.2) is 11.5 Å². The first-order valence-electron chi connectivity index (χ1n) is 9.69. The highest BCUT2D eigenvalue weighted by Crippen LogP contribution is 2.40. The number of hydrogen-bond donors (Lipinski definition) is 1. The first-order valence-corrected chi connectivity index (χ1v) is 9.69. The molecule has 31 heavy (non-hydrogen) atoms. The van der Waals surface area contributed by atoms with Crippen LogP contribution >= 0.6 is 0 Å². The zero-order chi connectivity index (χ0) is 21.4. The number of fused-ring (bicyclic) bond motifs is 1. The summed E-state index contributed by atoms with van der Waals surface area (Å²) in [7, 11) is 0. The molecule has 0 radical (unpaired) electrons. The lowest BCUT2D eigenvalue weighted by Crippen LogP contribution is -2.30. The van der Waals surface area contributed by atoms with Crippen LogP contribution in [0.15, 0.2) is 95.1 Å². The lowest BCUT2D eigenvalue weighted by Gasteiger charge is -2.26. The lowest BCUT2D eigenvalue weighted by molar-refractivity contribution is -0.130. The van der Waals surface area contributed by atoms with Crippen LogP contribution in [0.1, 0.15) is 27.7 Å². The number of pyridine rings is 2. The van der Waals surface area contributed by atoms with Crippen molar-refractivity contribution in [2.45, 2.75) is 12.6 Å². The van der Waals surface area contributed by atoms with Gasteiger partial charge in [-0.1, -0.05) is 30.3 Å². The number of nitrogens with zero attached hydrogens (tertiary/aromatic N) is 3. The molecule has 1 aliphatic heterocycles. The molecule has 0 aliphatic carbocycles. The lowest BCUT2D eigenvalue weighted by atomic mass is 9.96. The Labute approximate surface area is 177 Å². The third-order valence-electron chi connectivity index (χ3n) is 5.27. The second kappa shape index (κ2) is 7.53. The molecule has 0 fully saturated rings. The number of Topliss-reactive ketones (excluding diaryl/α,β-unsaturated/α-hetero) is 1. The van der Waals surface area contributed by atoms with Gasteiger partial charge in [0.1, 0.15) is 5.58 Å². The van der Waals surface area contributed by atoms with E-state index in [1.54, 1.807) is 55.1 Å². The summed E-state index contributed by atoms with van der Waals surface area (Å²) in [6.07, 6.45) is 6.47. The predicted octanol–water partition coefficient (Wildman–Crippen LogP) is 4.00. The number of hydrogen-bond acceptors (Lipinski definition) is 6. The summed E-state index contributed by atoms with van der Waals surface area (Å²) in [5.41, 5.74) is 1.92. The number of rotatable bonds is 5. The molecule has 0 unspecified atom stereocenters. The molecule has 0 saturated carbocycles. The van der Waals surface area contributed by atoms with Crippen LogP contribution in [0.25, 0.3) is 11.0 Å². The van der Waals surface area contributed by atoms with Gasteiger partial charge in [-0.3, -0.25) is 19.6 Å². The molecule has 1 N–H and O–H groups in total.